The van der Waals surface area contributed by atoms with Gasteiger partial charge in [-0.2, -0.15) is 0 Å². The SMILES string of the molecule is Cc1ccc2nc(-c3ccc(NC(=O)NCCc4ccc(Br)cc4)cc3)sc2c1. The Hall–Kier alpha value is -2.70. The van der Waals surface area contributed by atoms with E-state index in [1.165, 1.54) is 15.8 Å². The Bertz CT molecular complexity index is 1140. The molecule has 0 saturated heterocycles. The summed E-state index contributed by atoms with van der Waals surface area (Å²) < 4.78 is 2.24. The van der Waals surface area contributed by atoms with Crippen LogP contribution in [0, 0.1) is 6.92 Å². The maximum atomic E-state index is 12.1. The minimum absolute atomic E-state index is 0.203. The van der Waals surface area contributed by atoms with Gasteiger partial charge in [-0.1, -0.05) is 34.1 Å². The fourth-order valence-electron chi connectivity index (χ4n) is 3.00. The second-order valence-electron chi connectivity index (χ2n) is 6.82. The Kier molecular flexibility index (Phi) is 5.92. The average molecular weight is 466 g/mol. The van der Waals surface area contributed by atoms with Crippen molar-refractivity contribution in [2.24, 2.45) is 0 Å². The first-order chi connectivity index (χ1) is 14.1. The third-order valence-electron chi connectivity index (χ3n) is 4.55. The van der Waals surface area contributed by atoms with Gasteiger partial charge in [-0.15, -0.1) is 11.3 Å². The summed E-state index contributed by atoms with van der Waals surface area (Å²) in [6, 6.07) is 22.0. The number of benzene rings is 3. The molecule has 0 aliphatic heterocycles. The molecule has 146 valence electrons. The monoisotopic (exact) mass is 465 g/mol. The van der Waals surface area contributed by atoms with Crippen LogP contribution in [0.25, 0.3) is 20.8 Å². The second-order valence-corrected chi connectivity index (χ2v) is 8.77. The van der Waals surface area contributed by atoms with Crippen LogP contribution < -0.4 is 10.6 Å². The average Bonchev–Trinajstić information content (AvgIpc) is 3.13. The van der Waals surface area contributed by atoms with Gasteiger partial charge in [0, 0.05) is 22.3 Å². The van der Waals surface area contributed by atoms with Crippen LogP contribution in [0.3, 0.4) is 0 Å². The number of aryl methyl sites for hydroxylation is 1. The van der Waals surface area contributed by atoms with E-state index in [1.54, 1.807) is 11.3 Å². The van der Waals surface area contributed by atoms with Gasteiger partial charge in [0.25, 0.3) is 0 Å². The van der Waals surface area contributed by atoms with Gasteiger partial charge in [-0.25, -0.2) is 9.78 Å². The van der Waals surface area contributed by atoms with E-state index in [0.717, 1.165) is 32.7 Å². The van der Waals surface area contributed by atoms with Crippen LogP contribution in [-0.4, -0.2) is 17.6 Å². The number of nitrogens with zero attached hydrogens (tertiary/aromatic N) is 1. The topological polar surface area (TPSA) is 54.0 Å². The van der Waals surface area contributed by atoms with Crippen LogP contribution in [0.4, 0.5) is 10.5 Å². The number of aromatic nitrogens is 1. The van der Waals surface area contributed by atoms with E-state index >= 15 is 0 Å². The molecular weight excluding hydrogens is 446 g/mol. The maximum absolute atomic E-state index is 12.1. The van der Waals surface area contributed by atoms with Crippen LogP contribution in [0.5, 0.6) is 0 Å². The summed E-state index contributed by atoms with van der Waals surface area (Å²) in [6.45, 7) is 2.67. The lowest BCUT2D eigenvalue weighted by Gasteiger charge is -2.08. The third kappa shape index (κ3) is 5.02. The van der Waals surface area contributed by atoms with Gasteiger partial charge in [0.15, 0.2) is 0 Å². The predicted molar refractivity (Wildman–Crippen MR) is 125 cm³/mol. The molecule has 3 aromatic carbocycles. The number of nitrogens with one attached hydrogen (secondary N) is 2. The van der Waals surface area contributed by atoms with Gasteiger partial charge in [0.05, 0.1) is 10.2 Å². The molecule has 2 amide bonds. The number of urea groups is 1. The van der Waals surface area contributed by atoms with E-state index in [4.69, 9.17) is 4.98 Å². The molecule has 2 N–H and O–H groups in total. The summed E-state index contributed by atoms with van der Waals surface area (Å²) >= 11 is 5.10. The minimum Gasteiger partial charge on any atom is -0.338 e. The molecule has 0 bridgehead atoms. The first-order valence-corrected chi connectivity index (χ1v) is 10.9. The minimum atomic E-state index is -0.203. The molecule has 0 aliphatic carbocycles. The van der Waals surface area contributed by atoms with E-state index in [2.05, 4.69) is 51.7 Å². The lowest BCUT2D eigenvalue weighted by Crippen LogP contribution is -2.30. The second kappa shape index (κ2) is 8.76. The quantitative estimate of drug-likeness (QED) is 0.358. The highest BCUT2D eigenvalue weighted by Crippen LogP contribution is 2.31. The number of hydrogen-bond donors (Lipinski definition) is 2. The number of thiazole rings is 1. The lowest BCUT2D eigenvalue weighted by molar-refractivity contribution is 0.252. The number of carbonyl (C=O) groups excluding carboxylic acids is 1. The predicted octanol–water partition coefficient (Wildman–Crippen LogP) is 6.40. The standard InChI is InChI=1S/C23H20BrN3OS/c1-15-2-11-20-21(14-15)29-22(27-20)17-5-9-19(10-6-17)26-23(28)25-13-12-16-3-7-18(24)8-4-16/h2-11,14H,12-13H2,1H3,(H2,25,26,28). The Balaban J connectivity index is 1.33. The van der Waals surface area contributed by atoms with Gasteiger partial charge in [0.2, 0.25) is 0 Å². The van der Waals surface area contributed by atoms with Crippen LogP contribution in [-0.2, 0) is 6.42 Å². The first kappa shape index (κ1) is 19.6. The Morgan fingerprint density at radius 2 is 1.79 bits per heavy atom. The summed E-state index contributed by atoms with van der Waals surface area (Å²) in [5.74, 6) is 0. The summed E-state index contributed by atoms with van der Waals surface area (Å²) in [6.07, 6.45) is 0.788. The van der Waals surface area contributed by atoms with Crippen molar-refractivity contribution in [3.8, 4) is 10.6 Å². The molecule has 0 saturated carbocycles. The van der Waals surface area contributed by atoms with Crippen molar-refractivity contribution in [2.45, 2.75) is 13.3 Å². The summed E-state index contributed by atoms with van der Waals surface area (Å²) in [5.41, 5.74) is 5.24. The van der Waals surface area contributed by atoms with Crippen LogP contribution in [0.2, 0.25) is 0 Å². The number of carbonyl (C=O) groups is 1. The largest absolute Gasteiger partial charge is 0.338 e. The molecule has 4 nitrogen and oxygen atoms in total. The zero-order chi connectivity index (χ0) is 20.2. The number of rotatable bonds is 5. The molecule has 0 aliphatic rings. The van der Waals surface area contributed by atoms with Gasteiger partial charge in [0.1, 0.15) is 5.01 Å². The Labute approximate surface area is 182 Å². The first-order valence-electron chi connectivity index (χ1n) is 9.34. The van der Waals surface area contributed by atoms with Crippen molar-refractivity contribution in [3.63, 3.8) is 0 Å². The zero-order valence-corrected chi connectivity index (χ0v) is 18.3. The van der Waals surface area contributed by atoms with Crippen LogP contribution >= 0.6 is 27.3 Å². The fourth-order valence-corrected chi connectivity index (χ4v) is 4.33. The smallest absolute Gasteiger partial charge is 0.319 e. The molecule has 1 heterocycles. The number of halogens is 1. The number of hydrogen-bond acceptors (Lipinski definition) is 3. The highest BCUT2D eigenvalue weighted by Gasteiger charge is 2.07. The van der Waals surface area contributed by atoms with E-state index in [0.29, 0.717) is 6.54 Å². The van der Waals surface area contributed by atoms with Gasteiger partial charge in [-0.05, 0) is 73.0 Å². The lowest BCUT2D eigenvalue weighted by atomic mass is 10.1. The molecule has 1 aromatic heterocycles. The Morgan fingerprint density at radius 3 is 2.55 bits per heavy atom. The van der Waals surface area contributed by atoms with Crippen molar-refractivity contribution < 1.29 is 4.79 Å². The molecule has 29 heavy (non-hydrogen) atoms. The van der Waals surface area contributed by atoms with Gasteiger partial charge >= 0.3 is 6.03 Å². The third-order valence-corrected chi connectivity index (χ3v) is 6.14. The molecule has 0 unspecified atom stereocenters. The molecule has 6 heteroatoms. The van der Waals surface area contributed by atoms with Crippen molar-refractivity contribution in [1.82, 2.24) is 10.3 Å². The zero-order valence-electron chi connectivity index (χ0n) is 15.9. The molecule has 0 atom stereocenters. The summed E-state index contributed by atoms with van der Waals surface area (Å²) in [4.78, 5) is 16.8. The highest BCUT2D eigenvalue weighted by molar-refractivity contribution is 9.10. The molecular formula is C23H20BrN3OS. The number of fused-ring (bicyclic) bond motifs is 1. The molecule has 4 aromatic rings. The van der Waals surface area contributed by atoms with Crippen molar-refractivity contribution in [1.29, 1.82) is 0 Å². The Morgan fingerprint density at radius 1 is 1.03 bits per heavy atom. The maximum Gasteiger partial charge on any atom is 0.319 e. The molecule has 0 spiro atoms. The van der Waals surface area contributed by atoms with E-state index in [9.17, 15) is 4.79 Å². The number of anilines is 1. The van der Waals surface area contributed by atoms with Gasteiger partial charge in [-0.3, -0.25) is 0 Å². The molecule has 0 fully saturated rings. The molecule has 0 radical (unpaired) electrons. The van der Waals surface area contributed by atoms with Crippen molar-refractivity contribution >= 4 is 49.2 Å². The normalized spacial score (nSPS) is 10.8. The van der Waals surface area contributed by atoms with Crippen LogP contribution in [0.15, 0.2) is 71.2 Å². The van der Waals surface area contributed by atoms with E-state index in [-0.39, 0.29) is 6.03 Å². The highest BCUT2D eigenvalue weighted by atomic mass is 79.9. The summed E-state index contributed by atoms with van der Waals surface area (Å²) in [5, 5.41) is 6.75. The van der Waals surface area contributed by atoms with Gasteiger partial charge < -0.3 is 10.6 Å². The van der Waals surface area contributed by atoms with E-state index in [1.807, 2.05) is 48.5 Å². The van der Waals surface area contributed by atoms with Crippen molar-refractivity contribution in [3.05, 3.63) is 82.3 Å². The summed E-state index contributed by atoms with van der Waals surface area (Å²) in [7, 11) is 0. The fraction of sp³-hybridized carbons (Fsp3) is 0.130. The molecule has 4 rings (SSSR count). The van der Waals surface area contributed by atoms with E-state index < -0.39 is 0 Å². The van der Waals surface area contributed by atoms with Crippen LogP contribution in [0.1, 0.15) is 11.1 Å². The van der Waals surface area contributed by atoms with Crippen molar-refractivity contribution in [2.75, 3.05) is 11.9 Å². The number of amides is 2.